The van der Waals surface area contributed by atoms with Crippen molar-refractivity contribution in [1.29, 1.82) is 0 Å². The molecular formula is C18H11ClN6O2. The van der Waals surface area contributed by atoms with Crippen LogP contribution in [0.4, 0.5) is 0 Å². The van der Waals surface area contributed by atoms with Crippen LogP contribution in [-0.2, 0) is 0 Å². The monoisotopic (exact) mass is 378 g/mol. The average molecular weight is 379 g/mol. The maximum atomic E-state index is 10.1. The normalized spacial score (nSPS) is 11.4. The number of hydrogen-bond donors (Lipinski definition) is 2. The number of benzene rings is 2. The summed E-state index contributed by atoms with van der Waals surface area (Å²) in [6.45, 7) is 0. The molecule has 8 nitrogen and oxygen atoms in total. The van der Waals surface area contributed by atoms with E-state index in [0.29, 0.717) is 33.1 Å². The first-order chi connectivity index (χ1) is 13.1. The van der Waals surface area contributed by atoms with Crippen LogP contribution in [0, 0.1) is 0 Å². The minimum absolute atomic E-state index is 0.0340. The molecule has 2 N–H and O–H groups in total. The molecule has 0 spiro atoms. The average Bonchev–Trinajstić information content (AvgIpc) is 3.26. The number of aromatic hydroxyl groups is 2. The minimum Gasteiger partial charge on any atom is -0.508 e. The highest BCUT2D eigenvalue weighted by atomic mass is 35.5. The van der Waals surface area contributed by atoms with Gasteiger partial charge in [-0.15, -0.1) is 5.10 Å². The smallest absolute Gasteiger partial charge is 0.185 e. The Bertz CT molecular complexity index is 1310. The van der Waals surface area contributed by atoms with Crippen molar-refractivity contribution in [3.05, 3.63) is 60.0 Å². The first kappa shape index (κ1) is 15.6. The number of rotatable bonds is 2. The quantitative estimate of drug-likeness (QED) is 0.489. The first-order valence-electron chi connectivity index (χ1n) is 7.97. The molecule has 0 fully saturated rings. The Labute approximate surface area is 156 Å². The van der Waals surface area contributed by atoms with Gasteiger partial charge in [0.2, 0.25) is 0 Å². The molecule has 0 aliphatic heterocycles. The van der Waals surface area contributed by atoms with Crippen molar-refractivity contribution in [3.8, 4) is 28.6 Å². The van der Waals surface area contributed by atoms with Crippen LogP contribution in [0.25, 0.3) is 33.8 Å². The van der Waals surface area contributed by atoms with E-state index in [9.17, 15) is 10.2 Å². The van der Waals surface area contributed by atoms with E-state index in [-0.39, 0.29) is 11.5 Å². The van der Waals surface area contributed by atoms with E-state index in [0.717, 1.165) is 5.69 Å². The summed E-state index contributed by atoms with van der Waals surface area (Å²) in [5, 5.41) is 29.6. The van der Waals surface area contributed by atoms with Crippen molar-refractivity contribution in [3.63, 3.8) is 0 Å². The molecule has 5 aromatic rings. The number of halogens is 1. The third-order valence-corrected chi connectivity index (χ3v) is 4.45. The molecule has 0 bridgehead atoms. The van der Waals surface area contributed by atoms with E-state index in [1.807, 2.05) is 12.1 Å². The van der Waals surface area contributed by atoms with E-state index >= 15 is 0 Å². The van der Waals surface area contributed by atoms with E-state index in [1.54, 1.807) is 35.4 Å². The summed E-state index contributed by atoms with van der Waals surface area (Å²) in [5.74, 6) is 0.182. The first-order valence-corrected chi connectivity index (χ1v) is 8.35. The van der Waals surface area contributed by atoms with Gasteiger partial charge < -0.3 is 10.2 Å². The second kappa shape index (κ2) is 5.68. The molecule has 0 radical (unpaired) electrons. The number of aromatic nitrogens is 6. The summed E-state index contributed by atoms with van der Waals surface area (Å²) in [6.07, 6.45) is 3.21. The van der Waals surface area contributed by atoms with E-state index in [1.165, 1.54) is 16.6 Å². The summed E-state index contributed by atoms with van der Waals surface area (Å²) in [4.78, 5) is 8.96. The summed E-state index contributed by atoms with van der Waals surface area (Å²) < 4.78 is 3.22. The zero-order chi connectivity index (χ0) is 18.5. The van der Waals surface area contributed by atoms with Gasteiger partial charge in [-0.3, -0.25) is 0 Å². The highest BCUT2D eigenvalue weighted by molar-refractivity contribution is 6.30. The lowest BCUT2D eigenvalue weighted by molar-refractivity contribution is 0.451. The number of hydrogen-bond acceptors (Lipinski definition) is 6. The topological polar surface area (TPSA) is 101 Å². The van der Waals surface area contributed by atoms with Gasteiger partial charge in [-0.2, -0.15) is 5.10 Å². The van der Waals surface area contributed by atoms with Crippen LogP contribution in [0.1, 0.15) is 0 Å². The number of phenols is 2. The van der Waals surface area contributed by atoms with Crippen molar-refractivity contribution in [1.82, 2.24) is 29.4 Å². The summed E-state index contributed by atoms with van der Waals surface area (Å²) in [5.41, 5.74) is 2.42. The third kappa shape index (κ3) is 2.46. The second-order valence-electron chi connectivity index (χ2n) is 5.92. The molecule has 3 aromatic heterocycles. The van der Waals surface area contributed by atoms with Crippen molar-refractivity contribution in [2.75, 3.05) is 0 Å². The predicted molar refractivity (Wildman–Crippen MR) is 99.2 cm³/mol. The molecule has 0 aliphatic carbocycles. The maximum Gasteiger partial charge on any atom is 0.185 e. The molecule has 0 aliphatic rings. The molecule has 9 heteroatoms. The Morgan fingerprint density at radius 2 is 1.78 bits per heavy atom. The lowest BCUT2D eigenvalue weighted by atomic mass is 10.2. The Hall–Kier alpha value is -3.65. The maximum absolute atomic E-state index is 10.1. The Morgan fingerprint density at radius 3 is 2.56 bits per heavy atom. The van der Waals surface area contributed by atoms with Crippen molar-refractivity contribution in [2.24, 2.45) is 0 Å². The molecule has 27 heavy (non-hydrogen) atoms. The standard InChI is InChI=1S/C18H11ClN6O2/c19-10-1-3-11(4-2-10)25-17-14(8-21-25)18-22-16(23-24(18)9-20-17)13-6-5-12(26)7-15(13)27/h1-9,26-27H. The van der Waals surface area contributed by atoms with E-state index in [4.69, 9.17) is 11.6 Å². The highest BCUT2D eigenvalue weighted by Crippen LogP contribution is 2.31. The fourth-order valence-corrected chi connectivity index (χ4v) is 3.04. The van der Waals surface area contributed by atoms with Crippen LogP contribution in [0.15, 0.2) is 55.0 Å². The van der Waals surface area contributed by atoms with Gasteiger partial charge in [0.15, 0.2) is 17.1 Å². The Kier molecular flexibility index (Phi) is 3.28. The predicted octanol–water partition coefficient (Wildman–Crippen LogP) is 3.19. The summed E-state index contributed by atoms with van der Waals surface area (Å²) in [6, 6.07) is 11.5. The SMILES string of the molecule is Oc1ccc(-c2nc3c4cnn(-c5ccc(Cl)cc5)c4ncn3n2)c(O)c1. The van der Waals surface area contributed by atoms with Gasteiger partial charge in [-0.05, 0) is 36.4 Å². The molecule has 132 valence electrons. The molecule has 0 amide bonds. The molecule has 5 rings (SSSR count). The molecule has 0 saturated heterocycles. The molecule has 0 atom stereocenters. The van der Waals surface area contributed by atoms with E-state index in [2.05, 4.69) is 20.2 Å². The van der Waals surface area contributed by atoms with Gasteiger partial charge in [0.05, 0.1) is 22.8 Å². The van der Waals surface area contributed by atoms with Crippen LogP contribution in [-0.4, -0.2) is 39.6 Å². The number of phenolic OH excluding ortho intramolecular Hbond substituents is 2. The second-order valence-corrected chi connectivity index (χ2v) is 6.36. The molecule has 3 heterocycles. The Morgan fingerprint density at radius 1 is 0.963 bits per heavy atom. The zero-order valence-corrected chi connectivity index (χ0v) is 14.4. The van der Waals surface area contributed by atoms with Crippen molar-refractivity contribution >= 4 is 28.3 Å². The fourth-order valence-electron chi connectivity index (χ4n) is 2.92. The van der Waals surface area contributed by atoms with Gasteiger partial charge in [0.1, 0.15) is 17.8 Å². The minimum atomic E-state index is -0.105. The molecule has 2 aromatic carbocycles. The van der Waals surface area contributed by atoms with Crippen LogP contribution >= 0.6 is 11.6 Å². The van der Waals surface area contributed by atoms with Crippen LogP contribution in [0.3, 0.4) is 0 Å². The molecule has 0 unspecified atom stereocenters. The van der Waals surface area contributed by atoms with Gasteiger partial charge in [0, 0.05) is 11.1 Å². The van der Waals surface area contributed by atoms with Gasteiger partial charge in [-0.1, -0.05) is 11.6 Å². The van der Waals surface area contributed by atoms with Gasteiger partial charge >= 0.3 is 0 Å². The van der Waals surface area contributed by atoms with Crippen molar-refractivity contribution < 1.29 is 10.2 Å². The lowest BCUT2D eigenvalue weighted by Crippen LogP contribution is -1.98. The number of nitrogens with zero attached hydrogens (tertiary/aromatic N) is 6. The fraction of sp³-hybridized carbons (Fsp3) is 0. The van der Waals surface area contributed by atoms with Crippen LogP contribution in [0.2, 0.25) is 5.02 Å². The highest BCUT2D eigenvalue weighted by Gasteiger charge is 2.16. The summed E-state index contributed by atoms with van der Waals surface area (Å²) >= 11 is 5.95. The number of fused-ring (bicyclic) bond motifs is 3. The van der Waals surface area contributed by atoms with Crippen LogP contribution < -0.4 is 0 Å². The van der Waals surface area contributed by atoms with Gasteiger partial charge in [-0.25, -0.2) is 19.2 Å². The largest absolute Gasteiger partial charge is 0.508 e. The molecular weight excluding hydrogens is 368 g/mol. The van der Waals surface area contributed by atoms with Gasteiger partial charge in [0.25, 0.3) is 0 Å². The summed E-state index contributed by atoms with van der Waals surface area (Å²) in [7, 11) is 0. The lowest BCUT2D eigenvalue weighted by Gasteiger charge is -2.02. The third-order valence-electron chi connectivity index (χ3n) is 4.20. The molecule has 0 saturated carbocycles. The zero-order valence-electron chi connectivity index (χ0n) is 13.7. The van der Waals surface area contributed by atoms with Crippen molar-refractivity contribution in [2.45, 2.75) is 0 Å². The Balaban J connectivity index is 1.69. The van der Waals surface area contributed by atoms with Crippen LogP contribution in [0.5, 0.6) is 11.5 Å². The van der Waals surface area contributed by atoms with E-state index < -0.39 is 0 Å².